The molecule has 0 radical (unpaired) electrons. The molecule has 140 valence electrons. The Morgan fingerprint density at radius 3 is 2.56 bits per heavy atom. The predicted octanol–water partition coefficient (Wildman–Crippen LogP) is 4.13. The Balaban J connectivity index is 1.47. The quantitative estimate of drug-likeness (QED) is 0.568. The van der Waals surface area contributed by atoms with Gasteiger partial charge in [0.2, 0.25) is 0 Å². The maximum Gasteiger partial charge on any atom is 0.335 e. The molecule has 2 fully saturated rings. The Morgan fingerprint density at radius 2 is 1.84 bits per heavy atom. The molecule has 5 heteroatoms. The van der Waals surface area contributed by atoms with Gasteiger partial charge in [0.15, 0.2) is 0 Å². The van der Waals surface area contributed by atoms with E-state index in [1.54, 1.807) is 6.92 Å². The summed E-state index contributed by atoms with van der Waals surface area (Å²) in [6.45, 7) is 2.42. The Labute approximate surface area is 155 Å². The van der Waals surface area contributed by atoms with Crippen molar-refractivity contribution in [1.29, 1.82) is 0 Å². The fraction of sp³-hybridized carbons (Fsp3) is 0.800. The van der Waals surface area contributed by atoms with Crippen LogP contribution in [0.3, 0.4) is 0 Å². The van der Waals surface area contributed by atoms with Crippen LogP contribution in [-0.2, 0) is 14.3 Å². The smallest absolute Gasteiger partial charge is 0.335 e. The van der Waals surface area contributed by atoms with Gasteiger partial charge in [-0.2, -0.15) is 11.8 Å². The molecule has 1 amide bonds. The molecule has 0 aromatic rings. The zero-order valence-electron chi connectivity index (χ0n) is 15.4. The van der Waals surface area contributed by atoms with E-state index in [2.05, 4.69) is 17.1 Å². The SMILES string of the molecule is CC1=C(C(=O)NCCCSC2CCCCC2)C2(CCCCC2)OC1=O. The summed E-state index contributed by atoms with van der Waals surface area (Å²) >= 11 is 2.06. The highest BCUT2D eigenvalue weighted by atomic mass is 32.2. The van der Waals surface area contributed by atoms with Gasteiger partial charge in [-0.1, -0.05) is 25.7 Å². The normalized spacial score (nSPS) is 23.8. The van der Waals surface area contributed by atoms with Gasteiger partial charge in [0.05, 0.1) is 5.57 Å². The number of hydrogen-bond acceptors (Lipinski definition) is 4. The van der Waals surface area contributed by atoms with Gasteiger partial charge in [-0.15, -0.1) is 0 Å². The number of thioether (sulfide) groups is 1. The number of hydrogen-bond donors (Lipinski definition) is 1. The van der Waals surface area contributed by atoms with Crippen LogP contribution in [-0.4, -0.2) is 35.0 Å². The highest BCUT2D eigenvalue weighted by molar-refractivity contribution is 7.99. The lowest BCUT2D eigenvalue weighted by Crippen LogP contribution is -2.41. The van der Waals surface area contributed by atoms with Crippen LogP contribution in [0.2, 0.25) is 0 Å². The third-order valence-electron chi connectivity index (χ3n) is 5.83. The van der Waals surface area contributed by atoms with Crippen molar-refractivity contribution >= 4 is 23.6 Å². The second-order valence-corrected chi connectivity index (χ2v) is 9.09. The molecule has 2 aliphatic carbocycles. The number of amides is 1. The summed E-state index contributed by atoms with van der Waals surface area (Å²) in [5.74, 6) is 0.705. The molecule has 0 atom stereocenters. The minimum absolute atomic E-state index is 0.0899. The van der Waals surface area contributed by atoms with Crippen LogP contribution in [0, 0.1) is 0 Å². The summed E-state index contributed by atoms with van der Waals surface area (Å²) in [4.78, 5) is 24.8. The van der Waals surface area contributed by atoms with Crippen LogP contribution in [0.5, 0.6) is 0 Å². The number of esters is 1. The van der Waals surface area contributed by atoms with Crippen molar-refractivity contribution in [3.63, 3.8) is 0 Å². The van der Waals surface area contributed by atoms with Gasteiger partial charge in [-0.25, -0.2) is 4.79 Å². The van der Waals surface area contributed by atoms with Crippen LogP contribution >= 0.6 is 11.8 Å². The summed E-state index contributed by atoms with van der Waals surface area (Å²) in [5, 5.41) is 3.86. The van der Waals surface area contributed by atoms with E-state index in [-0.39, 0.29) is 11.9 Å². The molecule has 1 spiro atoms. The summed E-state index contributed by atoms with van der Waals surface area (Å²) in [7, 11) is 0. The monoisotopic (exact) mass is 365 g/mol. The lowest BCUT2D eigenvalue weighted by atomic mass is 9.78. The Bertz CT molecular complexity index is 531. The van der Waals surface area contributed by atoms with Crippen molar-refractivity contribution in [2.45, 2.75) is 88.4 Å². The molecule has 3 aliphatic rings. The molecule has 0 unspecified atom stereocenters. The molecule has 1 N–H and O–H groups in total. The second kappa shape index (κ2) is 8.61. The van der Waals surface area contributed by atoms with Gasteiger partial charge >= 0.3 is 5.97 Å². The van der Waals surface area contributed by atoms with E-state index in [9.17, 15) is 9.59 Å². The lowest BCUT2D eigenvalue weighted by Gasteiger charge is -2.34. The largest absolute Gasteiger partial charge is 0.451 e. The maximum absolute atomic E-state index is 12.7. The van der Waals surface area contributed by atoms with Crippen molar-refractivity contribution in [2.75, 3.05) is 12.3 Å². The second-order valence-electron chi connectivity index (χ2n) is 7.68. The van der Waals surface area contributed by atoms with Gasteiger partial charge < -0.3 is 10.1 Å². The average molecular weight is 366 g/mol. The highest BCUT2D eigenvalue weighted by Crippen LogP contribution is 2.43. The van der Waals surface area contributed by atoms with Crippen LogP contribution < -0.4 is 5.32 Å². The van der Waals surface area contributed by atoms with E-state index in [0.29, 0.717) is 17.7 Å². The van der Waals surface area contributed by atoms with Crippen molar-refractivity contribution in [3.05, 3.63) is 11.1 Å². The molecule has 25 heavy (non-hydrogen) atoms. The van der Waals surface area contributed by atoms with Crippen molar-refractivity contribution < 1.29 is 14.3 Å². The van der Waals surface area contributed by atoms with E-state index in [1.165, 1.54) is 32.1 Å². The number of ether oxygens (including phenoxy) is 1. The first kappa shape index (κ1) is 18.8. The fourth-order valence-corrected chi connectivity index (χ4v) is 5.76. The number of rotatable bonds is 6. The van der Waals surface area contributed by atoms with Crippen molar-refractivity contribution in [3.8, 4) is 0 Å². The van der Waals surface area contributed by atoms with E-state index in [4.69, 9.17) is 4.74 Å². The van der Waals surface area contributed by atoms with E-state index < -0.39 is 5.60 Å². The minimum atomic E-state index is -0.639. The first-order valence-electron chi connectivity index (χ1n) is 9.97. The molecular formula is C20H31NO3S. The Hall–Kier alpha value is -0.970. The minimum Gasteiger partial charge on any atom is -0.451 e. The highest BCUT2D eigenvalue weighted by Gasteiger charge is 2.49. The molecule has 0 saturated heterocycles. The van der Waals surface area contributed by atoms with Crippen LogP contribution in [0.15, 0.2) is 11.1 Å². The van der Waals surface area contributed by atoms with Crippen molar-refractivity contribution in [1.82, 2.24) is 5.32 Å². The van der Waals surface area contributed by atoms with Gasteiger partial charge in [0.1, 0.15) is 5.60 Å². The average Bonchev–Trinajstić information content (AvgIpc) is 2.86. The number of nitrogens with one attached hydrogen (secondary N) is 1. The van der Waals surface area contributed by atoms with Gasteiger partial charge in [0, 0.05) is 17.4 Å². The number of carbonyl (C=O) groups excluding carboxylic acids is 2. The van der Waals surface area contributed by atoms with Gasteiger partial charge in [-0.05, 0) is 57.6 Å². The molecular weight excluding hydrogens is 334 g/mol. The molecule has 4 nitrogen and oxygen atoms in total. The zero-order valence-corrected chi connectivity index (χ0v) is 16.2. The Morgan fingerprint density at radius 1 is 1.16 bits per heavy atom. The molecule has 0 aromatic carbocycles. The van der Waals surface area contributed by atoms with Crippen LogP contribution in [0.1, 0.15) is 77.6 Å². The zero-order chi connectivity index (χ0) is 17.7. The Kier molecular flexibility index (Phi) is 6.48. The molecule has 3 rings (SSSR count). The maximum atomic E-state index is 12.7. The first-order chi connectivity index (χ1) is 12.1. The molecule has 0 aromatic heterocycles. The van der Waals surface area contributed by atoms with E-state index >= 15 is 0 Å². The summed E-state index contributed by atoms with van der Waals surface area (Å²) in [6.07, 6.45) is 12.6. The van der Waals surface area contributed by atoms with Gasteiger partial charge in [-0.3, -0.25) is 4.79 Å². The summed E-state index contributed by atoms with van der Waals surface area (Å²) in [6, 6.07) is 0. The first-order valence-corrected chi connectivity index (χ1v) is 11.0. The van der Waals surface area contributed by atoms with Crippen LogP contribution in [0.4, 0.5) is 0 Å². The molecule has 2 saturated carbocycles. The predicted molar refractivity (Wildman–Crippen MR) is 102 cm³/mol. The topological polar surface area (TPSA) is 55.4 Å². The number of carbonyl (C=O) groups is 2. The molecule has 1 heterocycles. The van der Waals surface area contributed by atoms with Gasteiger partial charge in [0.25, 0.3) is 5.91 Å². The summed E-state index contributed by atoms with van der Waals surface area (Å²) in [5.41, 5.74) is 0.480. The summed E-state index contributed by atoms with van der Waals surface area (Å²) < 4.78 is 5.66. The lowest BCUT2D eigenvalue weighted by molar-refractivity contribution is -0.149. The van der Waals surface area contributed by atoms with Crippen molar-refractivity contribution in [2.24, 2.45) is 0 Å². The fourth-order valence-electron chi connectivity index (χ4n) is 4.45. The molecule has 0 bridgehead atoms. The third kappa shape index (κ3) is 4.42. The van der Waals surface area contributed by atoms with Crippen LogP contribution in [0.25, 0.3) is 0 Å². The van der Waals surface area contributed by atoms with E-state index in [1.807, 2.05) is 0 Å². The van der Waals surface area contributed by atoms with E-state index in [0.717, 1.165) is 49.5 Å². The third-order valence-corrected chi connectivity index (χ3v) is 7.29. The standard InChI is InChI=1S/C20H31NO3S/c1-15-17(20(24-19(15)23)11-6-3-7-12-20)18(22)21-13-8-14-25-16-9-4-2-5-10-16/h16H,2-14H2,1H3,(H,21,22). The molecule has 1 aliphatic heterocycles.